The summed E-state index contributed by atoms with van der Waals surface area (Å²) in [4.78, 5) is 38.3. The Balaban J connectivity index is 2.38. The van der Waals surface area contributed by atoms with Crippen molar-refractivity contribution in [3.8, 4) is 0 Å². The van der Waals surface area contributed by atoms with Crippen LogP contribution >= 0.6 is 0 Å². The van der Waals surface area contributed by atoms with E-state index < -0.39 is 0 Å². The number of anilines is 1. The number of carbonyl (C=O) groups is 1. The third-order valence-corrected chi connectivity index (χ3v) is 3.54. The fourth-order valence-corrected chi connectivity index (χ4v) is 2.43. The molecule has 0 spiro atoms. The van der Waals surface area contributed by atoms with Crippen LogP contribution in [0.3, 0.4) is 0 Å². The van der Waals surface area contributed by atoms with Crippen LogP contribution in [0.15, 0.2) is 27.8 Å². The van der Waals surface area contributed by atoms with Gasteiger partial charge in [-0.2, -0.15) is 0 Å². The Hall–Kier alpha value is -2.37. The molecule has 2 N–H and O–H groups in total. The first kappa shape index (κ1) is 16.0. The molecule has 6 heteroatoms. The predicted molar refractivity (Wildman–Crippen MR) is 87.3 cm³/mol. The molecule has 0 atom stereocenters. The minimum atomic E-state index is -0.388. The molecule has 0 aliphatic heterocycles. The van der Waals surface area contributed by atoms with E-state index in [4.69, 9.17) is 0 Å². The molecule has 1 amide bonds. The Morgan fingerprint density at radius 3 is 2.68 bits per heavy atom. The summed E-state index contributed by atoms with van der Waals surface area (Å²) < 4.78 is 1.23. The van der Waals surface area contributed by atoms with Crippen LogP contribution in [0, 0.1) is 0 Å². The van der Waals surface area contributed by atoms with E-state index in [1.165, 1.54) is 11.5 Å². The Kier molecular flexibility index (Phi) is 5.14. The molecule has 0 aliphatic carbocycles. The fourth-order valence-electron chi connectivity index (χ4n) is 2.43. The molecule has 1 aromatic heterocycles. The van der Waals surface area contributed by atoms with E-state index in [0.29, 0.717) is 23.1 Å². The van der Waals surface area contributed by atoms with E-state index in [9.17, 15) is 14.4 Å². The average Bonchev–Trinajstić information content (AvgIpc) is 2.46. The summed E-state index contributed by atoms with van der Waals surface area (Å²) in [6.45, 7) is 3.93. The molecule has 2 rings (SSSR count). The van der Waals surface area contributed by atoms with Gasteiger partial charge in [-0.05, 0) is 24.6 Å². The second kappa shape index (κ2) is 7.06. The van der Waals surface area contributed by atoms with Gasteiger partial charge < -0.3 is 10.3 Å². The minimum Gasteiger partial charge on any atom is -0.326 e. The smallest absolute Gasteiger partial charge is 0.326 e. The number of aromatic amines is 1. The molecule has 0 fully saturated rings. The number of hydrogen-bond acceptors (Lipinski definition) is 3. The van der Waals surface area contributed by atoms with Crippen molar-refractivity contribution in [2.24, 2.45) is 0 Å². The van der Waals surface area contributed by atoms with Gasteiger partial charge in [0.25, 0.3) is 5.56 Å². The Morgan fingerprint density at radius 1 is 1.23 bits per heavy atom. The van der Waals surface area contributed by atoms with E-state index in [1.54, 1.807) is 18.2 Å². The van der Waals surface area contributed by atoms with Crippen molar-refractivity contribution in [3.63, 3.8) is 0 Å². The van der Waals surface area contributed by atoms with E-state index in [2.05, 4.69) is 17.2 Å². The van der Waals surface area contributed by atoms with Crippen molar-refractivity contribution in [1.82, 2.24) is 9.55 Å². The zero-order valence-corrected chi connectivity index (χ0v) is 12.9. The van der Waals surface area contributed by atoms with Crippen LogP contribution in [0.4, 0.5) is 5.69 Å². The lowest BCUT2D eigenvalue weighted by molar-refractivity contribution is -0.114. The Bertz CT molecular complexity index is 789. The van der Waals surface area contributed by atoms with Crippen molar-refractivity contribution >= 4 is 22.5 Å². The van der Waals surface area contributed by atoms with Gasteiger partial charge in [0.15, 0.2) is 0 Å². The standard InChI is InChI=1S/C16H21N3O3/c1-3-4-5-6-9-19-15(21)13-10-12(17-11(2)20)7-8-14(13)18-16(19)22/h7-8,10H,3-6,9H2,1-2H3,(H,17,20)(H,18,22). The Labute approximate surface area is 128 Å². The van der Waals surface area contributed by atoms with Gasteiger partial charge in [-0.3, -0.25) is 14.2 Å². The monoisotopic (exact) mass is 303 g/mol. The van der Waals surface area contributed by atoms with E-state index in [1.807, 2.05) is 0 Å². The number of benzene rings is 1. The molecular weight excluding hydrogens is 282 g/mol. The van der Waals surface area contributed by atoms with Crippen LogP contribution < -0.4 is 16.6 Å². The summed E-state index contributed by atoms with van der Waals surface area (Å²) in [5.41, 5.74) is 0.319. The van der Waals surface area contributed by atoms with Gasteiger partial charge in [0.2, 0.25) is 5.91 Å². The minimum absolute atomic E-state index is 0.205. The van der Waals surface area contributed by atoms with Crippen LogP contribution in [0.1, 0.15) is 39.5 Å². The van der Waals surface area contributed by atoms with Crippen molar-refractivity contribution in [2.75, 3.05) is 5.32 Å². The van der Waals surface area contributed by atoms with E-state index >= 15 is 0 Å². The van der Waals surface area contributed by atoms with Gasteiger partial charge in [0.1, 0.15) is 0 Å². The van der Waals surface area contributed by atoms with Gasteiger partial charge in [0.05, 0.1) is 10.9 Å². The number of aromatic nitrogens is 2. The molecule has 22 heavy (non-hydrogen) atoms. The van der Waals surface area contributed by atoms with E-state index in [-0.39, 0.29) is 17.2 Å². The maximum absolute atomic E-state index is 12.5. The summed E-state index contributed by atoms with van der Waals surface area (Å²) in [7, 11) is 0. The van der Waals surface area contributed by atoms with Gasteiger partial charge in [-0.25, -0.2) is 4.79 Å². The highest BCUT2D eigenvalue weighted by Crippen LogP contribution is 2.13. The summed E-state index contributed by atoms with van der Waals surface area (Å²) in [6.07, 6.45) is 3.98. The second-order valence-electron chi connectivity index (χ2n) is 5.39. The normalized spacial score (nSPS) is 10.8. The fraction of sp³-hybridized carbons (Fsp3) is 0.438. The lowest BCUT2D eigenvalue weighted by Gasteiger charge is -2.08. The number of amides is 1. The molecule has 6 nitrogen and oxygen atoms in total. The average molecular weight is 303 g/mol. The maximum Gasteiger partial charge on any atom is 0.328 e. The van der Waals surface area contributed by atoms with Crippen molar-refractivity contribution in [2.45, 2.75) is 46.1 Å². The molecular formula is C16H21N3O3. The van der Waals surface area contributed by atoms with Gasteiger partial charge in [-0.15, -0.1) is 0 Å². The summed E-state index contributed by atoms with van der Waals surface area (Å²) >= 11 is 0. The largest absolute Gasteiger partial charge is 0.328 e. The van der Waals surface area contributed by atoms with Gasteiger partial charge in [0, 0.05) is 19.2 Å². The number of nitrogens with one attached hydrogen (secondary N) is 2. The predicted octanol–water partition coefficient (Wildman–Crippen LogP) is 2.23. The van der Waals surface area contributed by atoms with Crippen molar-refractivity contribution < 1.29 is 4.79 Å². The zero-order chi connectivity index (χ0) is 16.1. The highest BCUT2D eigenvalue weighted by molar-refractivity contribution is 5.91. The maximum atomic E-state index is 12.5. The number of fused-ring (bicyclic) bond motifs is 1. The Morgan fingerprint density at radius 2 is 2.00 bits per heavy atom. The van der Waals surface area contributed by atoms with Gasteiger partial charge >= 0.3 is 5.69 Å². The summed E-state index contributed by atoms with van der Waals surface area (Å²) in [5, 5.41) is 3.04. The molecule has 2 aromatic rings. The third kappa shape index (κ3) is 3.63. The van der Waals surface area contributed by atoms with Gasteiger partial charge in [-0.1, -0.05) is 26.2 Å². The first-order chi connectivity index (χ1) is 10.5. The molecule has 0 bridgehead atoms. The molecule has 118 valence electrons. The summed E-state index contributed by atoms with van der Waals surface area (Å²) in [6, 6.07) is 4.88. The quantitative estimate of drug-likeness (QED) is 0.803. The number of rotatable bonds is 6. The lowest BCUT2D eigenvalue weighted by atomic mass is 10.2. The lowest BCUT2D eigenvalue weighted by Crippen LogP contribution is -2.35. The summed E-state index contributed by atoms with van der Waals surface area (Å²) in [5.74, 6) is -0.205. The number of nitrogens with zero attached hydrogens (tertiary/aromatic N) is 1. The van der Waals surface area contributed by atoms with Crippen LogP contribution in [0.2, 0.25) is 0 Å². The number of H-pyrrole nitrogens is 1. The van der Waals surface area contributed by atoms with Crippen molar-refractivity contribution in [1.29, 1.82) is 0 Å². The van der Waals surface area contributed by atoms with Crippen LogP contribution in [0.5, 0.6) is 0 Å². The highest BCUT2D eigenvalue weighted by Gasteiger charge is 2.08. The highest BCUT2D eigenvalue weighted by atomic mass is 16.2. The van der Waals surface area contributed by atoms with E-state index in [0.717, 1.165) is 25.7 Å². The molecule has 1 aromatic carbocycles. The van der Waals surface area contributed by atoms with Crippen LogP contribution in [-0.4, -0.2) is 15.5 Å². The molecule has 1 heterocycles. The molecule has 0 aliphatic rings. The first-order valence-corrected chi connectivity index (χ1v) is 7.57. The van der Waals surface area contributed by atoms with Crippen molar-refractivity contribution in [3.05, 3.63) is 39.0 Å². The molecule has 0 saturated heterocycles. The number of carbonyl (C=O) groups excluding carboxylic acids is 1. The van der Waals surface area contributed by atoms with Crippen LogP contribution in [0.25, 0.3) is 10.9 Å². The zero-order valence-electron chi connectivity index (χ0n) is 12.9. The molecule has 0 saturated carbocycles. The SMILES string of the molecule is CCCCCCn1c(=O)[nH]c2ccc(NC(C)=O)cc2c1=O. The second-order valence-corrected chi connectivity index (χ2v) is 5.39. The molecule has 0 unspecified atom stereocenters. The first-order valence-electron chi connectivity index (χ1n) is 7.57. The van der Waals surface area contributed by atoms with Crippen LogP contribution in [-0.2, 0) is 11.3 Å². The third-order valence-electron chi connectivity index (χ3n) is 3.54. The molecule has 0 radical (unpaired) electrons. The topological polar surface area (TPSA) is 84.0 Å². The number of hydrogen-bond donors (Lipinski definition) is 2. The number of unbranched alkanes of at least 4 members (excludes halogenated alkanes) is 3.